The lowest BCUT2D eigenvalue weighted by Gasteiger charge is -2.16. The minimum Gasteiger partial charge on any atom is -0.489 e. The number of amides is 1. The Kier molecular flexibility index (Phi) is 4.39. The molecule has 0 saturated carbocycles. The normalized spacial score (nSPS) is 17.8. The number of hydrogen-bond acceptors (Lipinski definition) is 3. The molecule has 3 rings (SSSR count). The molecule has 4 heteroatoms. The maximum Gasteiger partial charge on any atom is 0.225 e. The van der Waals surface area contributed by atoms with E-state index >= 15 is 0 Å². The lowest BCUT2D eigenvalue weighted by Crippen LogP contribution is -2.25. The van der Waals surface area contributed by atoms with E-state index in [9.17, 15) is 9.90 Å². The zero-order chi connectivity index (χ0) is 15.4. The van der Waals surface area contributed by atoms with Crippen LogP contribution in [0.4, 0.5) is 0 Å². The Hall–Kier alpha value is -2.33. The first-order valence-corrected chi connectivity index (χ1v) is 7.42. The molecule has 1 atom stereocenters. The largest absolute Gasteiger partial charge is 0.489 e. The fraction of sp³-hybridized carbons (Fsp3) is 0.278. The Bertz CT molecular complexity index is 625. The summed E-state index contributed by atoms with van der Waals surface area (Å²) in [5.41, 5.74) is 2.14. The zero-order valence-electron chi connectivity index (χ0n) is 12.3. The van der Waals surface area contributed by atoms with Crippen molar-refractivity contribution >= 4 is 5.91 Å². The lowest BCUT2D eigenvalue weighted by molar-refractivity contribution is -0.128. The molecular formula is C18H19NO3. The second-order valence-corrected chi connectivity index (χ2v) is 5.55. The molecule has 2 aromatic rings. The third kappa shape index (κ3) is 3.65. The van der Waals surface area contributed by atoms with Crippen LogP contribution in [0.2, 0.25) is 0 Å². The summed E-state index contributed by atoms with van der Waals surface area (Å²) >= 11 is 0. The van der Waals surface area contributed by atoms with Crippen LogP contribution >= 0.6 is 0 Å². The molecule has 1 heterocycles. The summed E-state index contributed by atoms with van der Waals surface area (Å²) in [4.78, 5) is 13.4. The maximum absolute atomic E-state index is 11.7. The number of aliphatic hydroxyl groups excluding tert-OH is 1. The highest BCUT2D eigenvalue weighted by atomic mass is 16.5. The van der Waals surface area contributed by atoms with Crippen molar-refractivity contribution in [2.24, 2.45) is 0 Å². The molecule has 1 N–H and O–H groups in total. The number of benzene rings is 2. The van der Waals surface area contributed by atoms with Crippen molar-refractivity contribution in [3.05, 3.63) is 65.7 Å². The molecule has 0 radical (unpaired) electrons. The van der Waals surface area contributed by atoms with Crippen LogP contribution in [-0.2, 0) is 17.9 Å². The highest BCUT2D eigenvalue weighted by molar-refractivity contribution is 5.79. The Morgan fingerprint density at radius 3 is 2.36 bits per heavy atom. The van der Waals surface area contributed by atoms with E-state index in [4.69, 9.17) is 4.74 Å². The number of rotatable bonds is 5. The smallest absolute Gasteiger partial charge is 0.225 e. The van der Waals surface area contributed by atoms with Crippen molar-refractivity contribution in [1.29, 1.82) is 0 Å². The van der Waals surface area contributed by atoms with Gasteiger partial charge >= 0.3 is 0 Å². The Labute approximate surface area is 130 Å². The molecule has 0 aliphatic carbocycles. The summed E-state index contributed by atoms with van der Waals surface area (Å²) in [6.45, 7) is 1.50. The molecule has 114 valence electrons. The Balaban J connectivity index is 1.55. The average molecular weight is 297 g/mol. The van der Waals surface area contributed by atoms with Crippen molar-refractivity contribution in [3.63, 3.8) is 0 Å². The van der Waals surface area contributed by atoms with Gasteiger partial charge in [-0.25, -0.2) is 0 Å². The molecule has 0 spiro atoms. The molecule has 1 aliphatic heterocycles. The third-order valence-electron chi connectivity index (χ3n) is 3.74. The van der Waals surface area contributed by atoms with Crippen molar-refractivity contribution in [3.8, 4) is 5.75 Å². The standard InChI is InChI=1S/C18H19NO3/c20-16-10-18(21)19(12-16)11-14-6-8-15(9-7-14)13-22-17-4-2-1-3-5-17/h1-9,16,20H,10-13H2. The van der Waals surface area contributed by atoms with Gasteiger partial charge in [-0.05, 0) is 23.3 Å². The molecule has 1 fully saturated rings. The van der Waals surface area contributed by atoms with Gasteiger partial charge in [-0.2, -0.15) is 0 Å². The molecule has 2 aromatic carbocycles. The second kappa shape index (κ2) is 6.62. The summed E-state index contributed by atoms with van der Waals surface area (Å²) in [5.74, 6) is 0.868. The van der Waals surface area contributed by atoms with Crippen LogP contribution in [0.1, 0.15) is 17.5 Å². The highest BCUT2D eigenvalue weighted by Gasteiger charge is 2.27. The van der Waals surface area contributed by atoms with E-state index < -0.39 is 6.10 Å². The van der Waals surface area contributed by atoms with Crippen molar-refractivity contribution in [2.75, 3.05) is 6.54 Å². The Morgan fingerprint density at radius 1 is 1.05 bits per heavy atom. The summed E-state index contributed by atoms with van der Waals surface area (Å²) in [6.07, 6.45) is -0.283. The van der Waals surface area contributed by atoms with Crippen molar-refractivity contribution in [2.45, 2.75) is 25.7 Å². The Morgan fingerprint density at radius 2 is 1.73 bits per heavy atom. The molecular weight excluding hydrogens is 278 g/mol. The SMILES string of the molecule is O=C1CC(O)CN1Cc1ccc(COc2ccccc2)cc1. The summed E-state index contributed by atoms with van der Waals surface area (Å²) < 4.78 is 5.70. The number of carbonyl (C=O) groups is 1. The number of aliphatic hydroxyl groups is 1. The first-order valence-electron chi connectivity index (χ1n) is 7.42. The van der Waals surface area contributed by atoms with Gasteiger partial charge in [-0.3, -0.25) is 4.79 Å². The number of para-hydroxylation sites is 1. The fourth-order valence-electron chi connectivity index (χ4n) is 2.55. The fourth-order valence-corrected chi connectivity index (χ4v) is 2.55. The van der Waals surface area contributed by atoms with Gasteiger partial charge in [0.15, 0.2) is 0 Å². The van der Waals surface area contributed by atoms with Crippen LogP contribution in [0.3, 0.4) is 0 Å². The van der Waals surface area contributed by atoms with Crippen molar-refractivity contribution < 1.29 is 14.6 Å². The van der Waals surface area contributed by atoms with Crippen LogP contribution in [0, 0.1) is 0 Å². The first-order chi connectivity index (χ1) is 10.7. The number of carbonyl (C=O) groups excluding carboxylic acids is 1. The van der Waals surface area contributed by atoms with Crippen LogP contribution in [0.5, 0.6) is 5.75 Å². The highest BCUT2D eigenvalue weighted by Crippen LogP contribution is 2.16. The molecule has 4 nitrogen and oxygen atoms in total. The predicted molar refractivity (Wildman–Crippen MR) is 83.3 cm³/mol. The maximum atomic E-state index is 11.7. The number of β-amino-alcohol motifs (C(OH)–C–C–N with tert-alkyl or cyclic N) is 1. The van der Waals surface area contributed by atoms with Gasteiger partial charge in [-0.15, -0.1) is 0 Å². The zero-order valence-corrected chi connectivity index (χ0v) is 12.3. The monoisotopic (exact) mass is 297 g/mol. The van der Waals surface area contributed by atoms with Crippen molar-refractivity contribution in [1.82, 2.24) is 4.90 Å². The molecule has 0 bridgehead atoms. The van der Waals surface area contributed by atoms with Crippen LogP contribution in [-0.4, -0.2) is 28.6 Å². The quantitative estimate of drug-likeness (QED) is 0.921. The van der Waals surface area contributed by atoms with E-state index in [2.05, 4.69) is 0 Å². The lowest BCUT2D eigenvalue weighted by atomic mass is 10.1. The molecule has 0 aromatic heterocycles. The van der Waals surface area contributed by atoms with Gasteiger partial charge in [0.25, 0.3) is 0 Å². The number of hydrogen-bond donors (Lipinski definition) is 1. The van der Waals surface area contributed by atoms with E-state index in [1.165, 1.54) is 0 Å². The third-order valence-corrected chi connectivity index (χ3v) is 3.74. The summed E-state index contributed by atoms with van der Waals surface area (Å²) in [5, 5.41) is 9.49. The van der Waals surface area contributed by atoms with Crippen LogP contribution in [0.15, 0.2) is 54.6 Å². The number of likely N-dealkylation sites (tertiary alicyclic amines) is 1. The van der Waals surface area contributed by atoms with E-state index in [-0.39, 0.29) is 12.3 Å². The predicted octanol–water partition coefficient (Wildman–Crippen LogP) is 2.36. The minimum absolute atomic E-state index is 0.0176. The summed E-state index contributed by atoms with van der Waals surface area (Å²) in [6, 6.07) is 17.7. The van der Waals surface area contributed by atoms with Crippen LogP contribution in [0.25, 0.3) is 0 Å². The van der Waals surface area contributed by atoms with Gasteiger partial charge in [0, 0.05) is 13.1 Å². The van der Waals surface area contributed by atoms with Gasteiger partial charge in [0.05, 0.1) is 12.5 Å². The van der Waals surface area contributed by atoms with E-state index in [0.29, 0.717) is 19.7 Å². The van der Waals surface area contributed by atoms with Gasteiger partial charge in [0.1, 0.15) is 12.4 Å². The van der Waals surface area contributed by atoms with Gasteiger partial charge in [0.2, 0.25) is 5.91 Å². The van der Waals surface area contributed by atoms with Crippen LogP contribution < -0.4 is 4.74 Å². The van der Waals surface area contributed by atoms with E-state index in [1.54, 1.807) is 4.90 Å². The van der Waals surface area contributed by atoms with E-state index in [0.717, 1.165) is 16.9 Å². The molecule has 1 unspecified atom stereocenters. The molecule has 1 saturated heterocycles. The molecule has 1 amide bonds. The van der Waals surface area contributed by atoms with Gasteiger partial charge in [-0.1, -0.05) is 42.5 Å². The summed E-state index contributed by atoms with van der Waals surface area (Å²) in [7, 11) is 0. The second-order valence-electron chi connectivity index (χ2n) is 5.55. The molecule has 22 heavy (non-hydrogen) atoms. The molecule has 1 aliphatic rings. The van der Waals surface area contributed by atoms with Gasteiger partial charge < -0.3 is 14.7 Å². The minimum atomic E-state index is -0.522. The number of ether oxygens (including phenoxy) is 1. The topological polar surface area (TPSA) is 49.8 Å². The first kappa shape index (κ1) is 14.6. The average Bonchev–Trinajstić information content (AvgIpc) is 2.85. The van der Waals surface area contributed by atoms with E-state index in [1.807, 2.05) is 54.6 Å². The number of nitrogens with zero attached hydrogens (tertiary/aromatic N) is 1.